The number of rotatable bonds is 7. The molecule has 7 heteroatoms. The van der Waals surface area contributed by atoms with Crippen LogP contribution in [0.3, 0.4) is 0 Å². The number of nitrogens with zero attached hydrogens (tertiary/aromatic N) is 2. The first-order valence-electron chi connectivity index (χ1n) is 8.55. The Morgan fingerprint density at radius 3 is 2.33 bits per heavy atom. The number of nitrogens with one attached hydrogen (secondary N) is 2. The molecule has 0 spiro atoms. The van der Waals surface area contributed by atoms with Gasteiger partial charge in [-0.2, -0.15) is 0 Å². The lowest BCUT2D eigenvalue weighted by atomic mass is 10.1. The van der Waals surface area contributed by atoms with Gasteiger partial charge < -0.3 is 15.5 Å². The first-order valence-corrected chi connectivity index (χ1v) is 9.34. The fourth-order valence-electron chi connectivity index (χ4n) is 2.54. The van der Waals surface area contributed by atoms with Gasteiger partial charge in [-0.1, -0.05) is 58.4 Å². The summed E-state index contributed by atoms with van der Waals surface area (Å²) in [4.78, 5) is 18.3. The lowest BCUT2D eigenvalue weighted by molar-refractivity contribution is -0.120. The molecule has 0 heterocycles. The number of guanidine groups is 1. The van der Waals surface area contributed by atoms with Gasteiger partial charge in [0.1, 0.15) is 0 Å². The van der Waals surface area contributed by atoms with Crippen LogP contribution in [0, 0.1) is 0 Å². The maximum atomic E-state index is 12.0. The minimum absolute atomic E-state index is 0. The van der Waals surface area contributed by atoms with Gasteiger partial charge in [-0.25, -0.2) is 0 Å². The van der Waals surface area contributed by atoms with Crippen molar-refractivity contribution in [2.75, 3.05) is 27.2 Å². The highest BCUT2D eigenvalue weighted by Crippen LogP contribution is 2.11. The third kappa shape index (κ3) is 8.75. The summed E-state index contributed by atoms with van der Waals surface area (Å²) in [6, 6.07) is 18.3. The summed E-state index contributed by atoms with van der Waals surface area (Å²) in [5.74, 6) is 0.644. The quantitative estimate of drug-likeness (QED) is 0.319. The number of benzene rings is 2. The molecule has 0 saturated carbocycles. The van der Waals surface area contributed by atoms with Gasteiger partial charge in [-0.15, -0.1) is 24.0 Å². The fraction of sp³-hybridized carbons (Fsp3) is 0.300. The van der Waals surface area contributed by atoms with Gasteiger partial charge in [-0.3, -0.25) is 9.79 Å². The Labute approximate surface area is 186 Å². The number of carbonyl (C=O) groups excluding carboxylic acids is 1. The standard InChI is InChI=1S/C20H25BrN4O.HI/c1-22-20(25(2)15-17-8-10-18(21)11-9-17)24-14-19(26)23-13-12-16-6-4-3-5-7-16;/h3-11H,12-15H2,1-2H3,(H,22,24)(H,23,26);1H. The van der Waals surface area contributed by atoms with Crippen molar-refractivity contribution in [3.05, 3.63) is 70.2 Å². The first kappa shape index (κ1) is 23.4. The smallest absolute Gasteiger partial charge is 0.239 e. The normalized spacial score (nSPS) is 10.7. The van der Waals surface area contributed by atoms with Gasteiger partial charge in [0.2, 0.25) is 5.91 Å². The minimum atomic E-state index is -0.0425. The molecule has 0 radical (unpaired) electrons. The van der Waals surface area contributed by atoms with E-state index in [0.717, 1.165) is 10.9 Å². The molecule has 2 rings (SSSR count). The van der Waals surface area contributed by atoms with E-state index in [1.165, 1.54) is 11.1 Å². The number of carbonyl (C=O) groups is 1. The van der Waals surface area contributed by atoms with Crippen molar-refractivity contribution in [1.82, 2.24) is 15.5 Å². The van der Waals surface area contributed by atoms with Gasteiger partial charge in [-0.05, 0) is 29.7 Å². The summed E-state index contributed by atoms with van der Waals surface area (Å²) in [6.45, 7) is 1.53. The van der Waals surface area contributed by atoms with Crippen LogP contribution in [0.2, 0.25) is 0 Å². The molecule has 0 aliphatic rings. The Hall–Kier alpha value is -1.61. The number of hydrogen-bond acceptors (Lipinski definition) is 2. The van der Waals surface area contributed by atoms with Crippen LogP contribution in [0.4, 0.5) is 0 Å². The average Bonchev–Trinajstić information content (AvgIpc) is 2.65. The van der Waals surface area contributed by atoms with Crippen molar-refractivity contribution in [2.45, 2.75) is 13.0 Å². The van der Waals surface area contributed by atoms with Crippen LogP contribution in [-0.4, -0.2) is 44.0 Å². The molecule has 0 unspecified atom stereocenters. The van der Waals surface area contributed by atoms with Crippen LogP contribution < -0.4 is 10.6 Å². The summed E-state index contributed by atoms with van der Waals surface area (Å²) in [5.41, 5.74) is 2.39. The highest BCUT2D eigenvalue weighted by atomic mass is 127. The highest BCUT2D eigenvalue weighted by Gasteiger charge is 2.08. The largest absolute Gasteiger partial charge is 0.354 e. The van der Waals surface area contributed by atoms with Crippen LogP contribution in [0.25, 0.3) is 0 Å². The highest BCUT2D eigenvalue weighted by molar-refractivity contribution is 14.0. The van der Waals surface area contributed by atoms with E-state index in [2.05, 4.69) is 55.8 Å². The molecular formula is C20H26BrIN4O. The lowest BCUT2D eigenvalue weighted by Crippen LogP contribution is -2.44. The van der Waals surface area contributed by atoms with Crippen molar-refractivity contribution in [1.29, 1.82) is 0 Å². The molecule has 1 amide bonds. The molecule has 5 nitrogen and oxygen atoms in total. The van der Waals surface area contributed by atoms with Crippen LogP contribution in [0.1, 0.15) is 11.1 Å². The van der Waals surface area contributed by atoms with Gasteiger partial charge in [0.05, 0.1) is 6.54 Å². The molecule has 2 aromatic carbocycles. The second kappa shape index (κ2) is 12.7. The second-order valence-electron chi connectivity index (χ2n) is 5.97. The third-order valence-electron chi connectivity index (χ3n) is 3.89. The second-order valence-corrected chi connectivity index (χ2v) is 6.88. The van der Waals surface area contributed by atoms with E-state index in [4.69, 9.17) is 0 Å². The summed E-state index contributed by atoms with van der Waals surface area (Å²) in [5, 5.41) is 6.03. The van der Waals surface area contributed by atoms with E-state index in [1.54, 1.807) is 7.05 Å². The summed E-state index contributed by atoms with van der Waals surface area (Å²) in [6.07, 6.45) is 0.824. The summed E-state index contributed by atoms with van der Waals surface area (Å²) >= 11 is 3.44. The summed E-state index contributed by atoms with van der Waals surface area (Å²) < 4.78 is 1.05. The Kier molecular flexibility index (Phi) is 11.0. The molecule has 0 aliphatic heterocycles. The van der Waals surface area contributed by atoms with Crippen molar-refractivity contribution >= 4 is 51.8 Å². The van der Waals surface area contributed by atoms with E-state index >= 15 is 0 Å². The molecule has 27 heavy (non-hydrogen) atoms. The van der Waals surface area contributed by atoms with E-state index in [9.17, 15) is 4.79 Å². The Bertz CT molecular complexity index is 723. The molecule has 2 aromatic rings. The number of aliphatic imine (C=N–C) groups is 1. The van der Waals surface area contributed by atoms with Crippen LogP contribution in [-0.2, 0) is 17.8 Å². The lowest BCUT2D eigenvalue weighted by Gasteiger charge is -2.22. The molecule has 0 bridgehead atoms. The van der Waals surface area contributed by atoms with Gasteiger partial charge in [0.15, 0.2) is 5.96 Å². The van der Waals surface area contributed by atoms with Crippen molar-refractivity contribution < 1.29 is 4.79 Å². The van der Waals surface area contributed by atoms with Crippen LogP contribution >= 0.6 is 39.9 Å². The van der Waals surface area contributed by atoms with E-state index in [-0.39, 0.29) is 36.4 Å². The molecule has 0 saturated heterocycles. The van der Waals surface area contributed by atoms with Gasteiger partial charge in [0.25, 0.3) is 0 Å². The average molecular weight is 545 g/mol. The van der Waals surface area contributed by atoms with E-state index < -0.39 is 0 Å². The topological polar surface area (TPSA) is 56.7 Å². The zero-order valence-electron chi connectivity index (χ0n) is 15.6. The van der Waals surface area contributed by atoms with Crippen LogP contribution in [0.5, 0.6) is 0 Å². The van der Waals surface area contributed by atoms with Crippen molar-refractivity contribution in [2.24, 2.45) is 4.99 Å². The molecule has 146 valence electrons. The predicted octanol–water partition coefficient (Wildman–Crippen LogP) is 3.43. The third-order valence-corrected chi connectivity index (χ3v) is 4.42. The maximum absolute atomic E-state index is 12.0. The minimum Gasteiger partial charge on any atom is -0.354 e. The Morgan fingerprint density at radius 1 is 1.04 bits per heavy atom. The Balaban J connectivity index is 0.00000364. The first-order chi connectivity index (χ1) is 12.6. The zero-order chi connectivity index (χ0) is 18.8. The zero-order valence-corrected chi connectivity index (χ0v) is 19.5. The Morgan fingerprint density at radius 2 is 1.70 bits per heavy atom. The molecular weight excluding hydrogens is 519 g/mol. The van der Waals surface area contributed by atoms with E-state index in [0.29, 0.717) is 19.0 Å². The maximum Gasteiger partial charge on any atom is 0.239 e. The van der Waals surface area contributed by atoms with E-state index in [1.807, 2.05) is 42.3 Å². The van der Waals surface area contributed by atoms with Crippen LogP contribution in [0.15, 0.2) is 64.1 Å². The molecule has 0 atom stereocenters. The number of amides is 1. The van der Waals surface area contributed by atoms with Crippen molar-refractivity contribution in [3.8, 4) is 0 Å². The number of hydrogen-bond donors (Lipinski definition) is 2. The number of halogens is 2. The van der Waals surface area contributed by atoms with Gasteiger partial charge >= 0.3 is 0 Å². The summed E-state index contributed by atoms with van der Waals surface area (Å²) in [7, 11) is 3.67. The molecule has 0 aromatic heterocycles. The van der Waals surface area contributed by atoms with Crippen molar-refractivity contribution in [3.63, 3.8) is 0 Å². The molecule has 2 N–H and O–H groups in total. The van der Waals surface area contributed by atoms with Gasteiger partial charge in [0, 0.05) is 31.7 Å². The predicted molar refractivity (Wildman–Crippen MR) is 126 cm³/mol. The monoisotopic (exact) mass is 544 g/mol. The fourth-order valence-corrected chi connectivity index (χ4v) is 2.80. The molecule has 0 aliphatic carbocycles. The molecule has 0 fully saturated rings. The SMILES string of the molecule is CN=C(NCC(=O)NCCc1ccccc1)N(C)Cc1ccc(Br)cc1.I.